The van der Waals surface area contributed by atoms with Crippen LogP contribution in [0.25, 0.3) is 6.08 Å². The molecule has 0 fully saturated rings. The number of nitriles is 2. The molecule has 19 heavy (non-hydrogen) atoms. The van der Waals surface area contributed by atoms with Crippen molar-refractivity contribution < 1.29 is 0 Å². The fraction of sp³-hybridized carbons (Fsp3) is 0. The molecule has 90 valence electrons. The van der Waals surface area contributed by atoms with Crippen molar-refractivity contribution in [2.45, 2.75) is 9.79 Å². The van der Waals surface area contributed by atoms with Gasteiger partial charge in [0.05, 0.1) is 0 Å². The molecule has 0 heterocycles. The van der Waals surface area contributed by atoms with E-state index in [-0.39, 0.29) is 5.57 Å². The summed E-state index contributed by atoms with van der Waals surface area (Å²) < 4.78 is 0. The van der Waals surface area contributed by atoms with Gasteiger partial charge in [-0.2, -0.15) is 10.5 Å². The molecule has 0 aliphatic heterocycles. The molecular formula is C16H10N2S. The molecule has 0 amide bonds. The number of hydrogen-bond acceptors (Lipinski definition) is 3. The molecule has 0 aromatic heterocycles. The Hall–Kier alpha value is -2.49. The molecule has 0 aliphatic carbocycles. The Morgan fingerprint density at radius 1 is 0.895 bits per heavy atom. The lowest BCUT2D eigenvalue weighted by molar-refractivity contribution is 1.38. The van der Waals surface area contributed by atoms with Gasteiger partial charge in [0, 0.05) is 9.79 Å². The van der Waals surface area contributed by atoms with Crippen LogP contribution < -0.4 is 0 Å². The van der Waals surface area contributed by atoms with E-state index in [1.54, 1.807) is 17.8 Å². The maximum atomic E-state index is 8.82. The molecule has 0 atom stereocenters. The predicted octanol–water partition coefficient (Wildman–Crippen LogP) is 4.27. The van der Waals surface area contributed by atoms with Crippen LogP contribution in [0.1, 0.15) is 5.56 Å². The first kappa shape index (κ1) is 13.0. The highest BCUT2D eigenvalue weighted by atomic mass is 32.2. The highest BCUT2D eigenvalue weighted by Crippen LogP contribution is 2.31. The quantitative estimate of drug-likeness (QED) is 0.776. The van der Waals surface area contributed by atoms with Crippen molar-refractivity contribution in [1.29, 1.82) is 10.5 Å². The van der Waals surface area contributed by atoms with E-state index in [0.717, 1.165) is 15.4 Å². The van der Waals surface area contributed by atoms with Crippen molar-refractivity contribution in [1.82, 2.24) is 0 Å². The van der Waals surface area contributed by atoms with E-state index in [1.807, 2.05) is 66.7 Å². The standard InChI is InChI=1S/C16H10N2S/c17-11-13(12-18)10-14-6-4-5-9-16(14)19-15-7-2-1-3-8-15/h1-10H. The normalized spacial score (nSPS) is 9.16. The van der Waals surface area contributed by atoms with E-state index >= 15 is 0 Å². The van der Waals surface area contributed by atoms with E-state index in [9.17, 15) is 0 Å². The zero-order valence-electron chi connectivity index (χ0n) is 10.1. The lowest BCUT2D eigenvalue weighted by Crippen LogP contribution is -1.81. The molecule has 3 heteroatoms. The minimum Gasteiger partial charge on any atom is -0.192 e. The molecular weight excluding hydrogens is 252 g/mol. The Bertz CT molecular complexity index is 660. The molecule has 0 bridgehead atoms. The van der Waals surface area contributed by atoms with Crippen LogP contribution >= 0.6 is 11.8 Å². The SMILES string of the molecule is N#CC(C#N)=Cc1ccccc1Sc1ccccc1. The molecule has 0 unspecified atom stereocenters. The largest absolute Gasteiger partial charge is 0.192 e. The van der Waals surface area contributed by atoms with Crippen LogP contribution in [0.5, 0.6) is 0 Å². The van der Waals surface area contributed by atoms with Crippen LogP contribution in [0, 0.1) is 22.7 Å². The molecule has 0 spiro atoms. The minimum absolute atomic E-state index is 0.112. The van der Waals surface area contributed by atoms with E-state index in [2.05, 4.69) is 0 Å². The van der Waals surface area contributed by atoms with Gasteiger partial charge in [-0.1, -0.05) is 48.2 Å². The van der Waals surface area contributed by atoms with Gasteiger partial charge >= 0.3 is 0 Å². The van der Waals surface area contributed by atoms with E-state index in [1.165, 1.54) is 0 Å². The fourth-order valence-electron chi connectivity index (χ4n) is 1.55. The average molecular weight is 262 g/mol. The summed E-state index contributed by atoms with van der Waals surface area (Å²) in [6.07, 6.45) is 1.62. The molecule has 0 saturated heterocycles. The summed E-state index contributed by atoms with van der Waals surface area (Å²) in [5, 5.41) is 17.6. The number of hydrogen-bond donors (Lipinski definition) is 0. The highest BCUT2D eigenvalue weighted by Gasteiger charge is 2.03. The third-order valence-electron chi connectivity index (χ3n) is 2.43. The van der Waals surface area contributed by atoms with Gasteiger partial charge in [0.15, 0.2) is 0 Å². The third-order valence-corrected chi connectivity index (χ3v) is 3.53. The van der Waals surface area contributed by atoms with E-state index < -0.39 is 0 Å². The van der Waals surface area contributed by atoms with Crippen molar-refractivity contribution in [3.8, 4) is 12.1 Å². The van der Waals surface area contributed by atoms with Gasteiger partial charge in [-0.25, -0.2) is 0 Å². The second kappa shape index (κ2) is 6.44. The first-order valence-electron chi connectivity index (χ1n) is 5.67. The Morgan fingerprint density at radius 2 is 1.53 bits per heavy atom. The Balaban J connectivity index is 2.35. The number of nitrogens with zero attached hydrogens (tertiary/aromatic N) is 2. The van der Waals surface area contributed by atoms with Crippen molar-refractivity contribution >= 4 is 17.8 Å². The van der Waals surface area contributed by atoms with Crippen LogP contribution in [0.3, 0.4) is 0 Å². The first-order chi connectivity index (χ1) is 9.33. The number of rotatable bonds is 3. The van der Waals surface area contributed by atoms with Crippen molar-refractivity contribution in [3.05, 3.63) is 65.7 Å². The molecule has 2 nitrogen and oxygen atoms in total. The number of benzene rings is 2. The molecule has 0 radical (unpaired) electrons. The lowest BCUT2D eigenvalue weighted by atomic mass is 10.1. The van der Waals surface area contributed by atoms with Crippen molar-refractivity contribution in [2.75, 3.05) is 0 Å². The van der Waals surface area contributed by atoms with E-state index in [4.69, 9.17) is 10.5 Å². The first-order valence-corrected chi connectivity index (χ1v) is 6.49. The fourth-order valence-corrected chi connectivity index (χ4v) is 2.49. The summed E-state index contributed by atoms with van der Waals surface area (Å²) >= 11 is 1.61. The molecule has 2 aromatic rings. The maximum Gasteiger partial charge on any atom is 0.130 e. The maximum absolute atomic E-state index is 8.82. The monoisotopic (exact) mass is 262 g/mol. The van der Waals surface area contributed by atoms with Gasteiger partial charge in [-0.3, -0.25) is 0 Å². The number of allylic oxidation sites excluding steroid dienone is 1. The van der Waals surface area contributed by atoms with E-state index in [0.29, 0.717) is 0 Å². The van der Waals surface area contributed by atoms with Crippen molar-refractivity contribution in [2.24, 2.45) is 0 Å². The van der Waals surface area contributed by atoms with Crippen LogP contribution in [0.2, 0.25) is 0 Å². The zero-order chi connectivity index (χ0) is 13.5. The van der Waals surface area contributed by atoms with Crippen LogP contribution in [0.4, 0.5) is 0 Å². The summed E-state index contributed by atoms with van der Waals surface area (Å²) in [5.74, 6) is 0. The van der Waals surface area contributed by atoms with Gasteiger partial charge in [0.1, 0.15) is 17.7 Å². The van der Waals surface area contributed by atoms with Crippen molar-refractivity contribution in [3.63, 3.8) is 0 Å². The minimum atomic E-state index is 0.112. The van der Waals surface area contributed by atoms with Gasteiger partial charge < -0.3 is 0 Å². The average Bonchev–Trinajstić information content (AvgIpc) is 2.47. The summed E-state index contributed by atoms with van der Waals surface area (Å²) in [7, 11) is 0. The van der Waals surface area contributed by atoms with Gasteiger partial charge in [-0.15, -0.1) is 0 Å². The van der Waals surface area contributed by atoms with Gasteiger partial charge in [-0.05, 0) is 29.8 Å². The summed E-state index contributed by atoms with van der Waals surface area (Å²) in [6, 6.07) is 21.5. The second-order valence-electron chi connectivity index (χ2n) is 3.73. The topological polar surface area (TPSA) is 47.6 Å². The van der Waals surface area contributed by atoms with Crippen LogP contribution in [-0.2, 0) is 0 Å². The predicted molar refractivity (Wildman–Crippen MR) is 76.2 cm³/mol. The van der Waals surface area contributed by atoms with Crippen LogP contribution in [-0.4, -0.2) is 0 Å². The third kappa shape index (κ3) is 3.48. The molecule has 2 rings (SSSR count). The van der Waals surface area contributed by atoms with Gasteiger partial charge in [0.2, 0.25) is 0 Å². The zero-order valence-corrected chi connectivity index (χ0v) is 10.9. The highest BCUT2D eigenvalue weighted by molar-refractivity contribution is 7.99. The molecule has 2 aromatic carbocycles. The summed E-state index contributed by atoms with van der Waals surface area (Å²) in [4.78, 5) is 2.15. The lowest BCUT2D eigenvalue weighted by Gasteiger charge is -2.05. The Kier molecular flexibility index (Phi) is 4.39. The molecule has 0 N–H and O–H groups in total. The Labute approximate surface area is 116 Å². The van der Waals surface area contributed by atoms with Crippen LogP contribution in [0.15, 0.2) is 70.0 Å². The smallest absolute Gasteiger partial charge is 0.130 e. The van der Waals surface area contributed by atoms with Gasteiger partial charge in [0.25, 0.3) is 0 Å². The Morgan fingerprint density at radius 3 is 2.21 bits per heavy atom. The summed E-state index contributed by atoms with van der Waals surface area (Å²) in [5.41, 5.74) is 0.996. The summed E-state index contributed by atoms with van der Waals surface area (Å²) in [6.45, 7) is 0. The second-order valence-corrected chi connectivity index (χ2v) is 4.85. The molecule has 0 aliphatic rings. The molecule has 0 saturated carbocycles.